The maximum absolute atomic E-state index is 12.5. The summed E-state index contributed by atoms with van der Waals surface area (Å²) in [4.78, 5) is 14.4. The minimum absolute atomic E-state index is 0.0470. The first-order chi connectivity index (χ1) is 10.6. The number of aromatic nitrogens is 2. The summed E-state index contributed by atoms with van der Waals surface area (Å²) in [7, 11) is 3.58. The first kappa shape index (κ1) is 15.5. The Labute approximate surface area is 131 Å². The van der Waals surface area contributed by atoms with E-state index in [1.165, 1.54) is 0 Å². The molecule has 1 aromatic rings. The van der Waals surface area contributed by atoms with E-state index in [0.29, 0.717) is 11.6 Å². The fourth-order valence-corrected chi connectivity index (χ4v) is 3.81. The van der Waals surface area contributed by atoms with Crippen molar-refractivity contribution in [2.75, 3.05) is 40.0 Å². The maximum Gasteiger partial charge on any atom is 0.274 e. The van der Waals surface area contributed by atoms with Gasteiger partial charge in [0.25, 0.3) is 5.91 Å². The minimum atomic E-state index is 0.0470. The molecule has 1 aromatic heterocycles. The van der Waals surface area contributed by atoms with E-state index in [4.69, 9.17) is 9.47 Å². The molecule has 2 saturated heterocycles. The lowest BCUT2D eigenvalue weighted by Crippen LogP contribution is -2.50. The molecule has 6 heteroatoms. The molecule has 0 N–H and O–H groups in total. The SMILES string of the molecule is COC[C@H]1COCCC12CCN(C(=O)c1ccn(C)n1)CC2. The average molecular weight is 307 g/mol. The van der Waals surface area contributed by atoms with Crippen LogP contribution in [-0.4, -0.2) is 60.6 Å². The zero-order chi connectivity index (χ0) is 15.6. The van der Waals surface area contributed by atoms with Gasteiger partial charge in [-0.3, -0.25) is 9.48 Å². The van der Waals surface area contributed by atoms with Crippen LogP contribution in [0, 0.1) is 11.3 Å². The van der Waals surface area contributed by atoms with Crippen molar-refractivity contribution in [3.63, 3.8) is 0 Å². The number of methoxy groups -OCH3 is 1. The number of piperidine rings is 1. The fourth-order valence-electron chi connectivity index (χ4n) is 3.81. The lowest BCUT2D eigenvalue weighted by Gasteiger charge is -2.48. The monoisotopic (exact) mass is 307 g/mol. The number of carbonyl (C=O) groups excluding carboxylic acids is 1. The summed E-state index contributed by atoms with van der Waals surface area (Å²) in [5, 5.41) is 4.22. The van der Waals surface area contributed by atoms with E-state index in [0.717, 1.165) is 52.2 Å². The van der Waals surface area contributed by atoms with Crippen LogP contribution in [0.4, 0.5) is 0 Å². The van der Waals surface area contributed by atoms with Crippen LogP contribution in [0.5, 0.6) is 0 Å². The van der Waals surface area contributed by atoms with Crippen LogP contribution in [0.1, 0.15) is 29.8 Å². The van der Waals surface area contributed by atoms with Crippen LogP contribution in [0.15, 0.2) is 12.3 Å². The Hall–Kier alpha value is -1.40. The average Bonchev–Trinajstić information content (AvgIpc) is 2.97. The molecule has 122 valence electrons. The summed E-state index contributed by atoms with van der Waals surface area (Å²) >= 11 is 0. The lowest BCUT2D eigenvalue weighted by atomic mass is 9.66. The normalized spacial score (nSPS) is 24.6. The van der Waals surface area contributed by atoms with Gasteiger partial charge in [-0.1, -0.05) is 0 Å². The van der Waals surface area contributed by atoms with Crippen molar-refractivity contribution in [3.8, 4) is 0 Å². The Bertz CT molecular complexity index is 518. The van der Waals surface area contributed by atoms with E-state index in [2.05, 4.69) is 5.10 Å². The molecule has 0 saturated carbocycles. The van der Waals surface area contributed by atoms with Crippen LogP contribution in [-0.2, 0) is 16.5 Å². The first-order valence-electron chi connectivity index (χ1n) is 8.00. The number of rotatable bonds is 3. The van der Waals surface area contributed by atoms with Crippen LogP contribution in [0.2, 0.25) is 0 Å². The summed E-state index contributed by atoms with van der Waals surface area (Å²) in [5.74, 6) is 0.490. The van der Waals surface area contributed by atoms with Gasteiger partial charge in [0.05, 0.1) is 13.2 Å². The number of ether oxygens (including phenoxy) is 2. The Morgan fingerprint density at radius 1 is 1.45 bits per heavy atom. The van der Waals surface area contributed by atoms with Gasteiger partial charge >= 0.3 is 0 Å². The number of hydrogen-bond acceptors (Lipinski definition) is 4. The molecule has 0 radical (unpaired) electrons. The van der Waals surface area contributed by atoms with E-state index in [1.54, 1.807) is 17.9 Å². The van der Waals surface area contributed by atoms with Crippen molar-refractivity contribution in [2.45, 2.75) is 19.3 Å². The molecule has 3 rings (SSSR count). The summed E-state index contributed by atoms with van der Waals surface area (Å²) in [5.41, 5.74) is 0.814. The molecule has 0 aromatic carbocycles. The number of aryl methyl sites for hydroxylation is 1. The summed E-state index contributed by atoms with van der Waals surface area (Å²) in [6, 6.07) is 1.79. The van der Waals surface area contributed by atoms with Gasteiger partial charge in [0.1, 0.15) is 5.69 Å². The van der Waals surface area contributed by atoms with Gasteiger partial charge in [-0.15, -0.1) is 0 Å². The van der Waals surface area contributed by atoms with Gasteiger partial charge in [-0.2, -0.15) is 5.10 Å². The number of hydrogen-bond donors (Lipinski definition) is 0. The fraction of sp³-hybridized carbons (Fsp3) is 0.750. The van der Waals surface area contributed by atoms with Crippen molar-refractivity contribution >= 4 is 5.91 Å². The maximum atomic E-state index is 12.5. The van der Waals surface area contributed by atoms with Gasteiger partial charge in [-0.05, 0) is 30.7 Å². The smallest absolute Gasteiger partial charge is 0.274 e. The molecule has 0 aliphatic carbocycles. The Morgan fingerprint density at radius 2 is 2.23 bits per heavy atom. The minimum Gasteiger partial charge on any atom is -0.384 e. The molecular weight excluding hydrogens is 282 g/mol. The van der Waals surface area contributed by atoms with Gasteiger partial charge < -0.3 is 14.4 Å². The van der Waals surface area contributed by atoms with Crippen LogP contribution in [0.3, 0.4) is 0 Å². The first-order valence-corrected chi connectivity index (χ1v) is 8.00. The molecule has 2 aliphatic rings. The number of carbonyl (C=O) groups is 1. The van der Waals surface area contributed by atoms with Gasteiger partial charge in [0, 0.05) is 46.0 Å². The Kier molecular flexibility index (Phi) is 4.49. The second kappa shape index (κ2) is 6.38. The molecule has 0 bridgehead atoms. The summed E-state index contributed by atoms with van der Waals surface area (Å²) in [6.07, 6.45) is 4.95. The molecule has 22 heavy (non-hydrogen) atoms. The predicted octanol–water partition coefficient (Wildman–Crippen LogP) is 1.33. The third-order valence-electron chi connectivity index (χ3n) is 5.28. The zero-order valence-electron chi connectivity index (χ0n) is 13.5. The molecule has 0 unspecified atom stereocenters. The van der Waals surface area contributed by atoms with E-state index < -0.39 is 0 Å². The molecule has 1 spiro atoms. The number of amides is 1. The standard InChI is InChI=1S/C16H25N3O3/c1-18-7-3-14(17-18)15(20)19-8-4-16(5-9-19)6-10-22-12-13(16)11-21-2/h3,7,13H,4-6,8-12H2,1-2H3/t13-/m0/s1. The molecule has 1 atom stereocenters. The quantitative estimate of drug-likeness (QED) is 0.845. The lowest BCUT2D eigenvalue weighted by molar-refractivity contribution is -0.0912. The van der Waals surface area contributed by atoms with Crippen LogP contribution < -0.4 is 0 Å². The highest BCUT2D eigenvalue weighted by Gasteiger charge is 2.44. The highest BCUT2D eigenvalue weighted by Crippen LogP contribution is 2.44. The third-order valence-corrected chi connectivity index (χ3v) is 5.28. The van der Waals surface area contributed by atoms with E-state index in [9.17, 15) is 4.79 Å². The number of nitrogens with zero attached hydrogens (tertiary/aromatic N) is 3. The highest BCUT2D eigenvalue weighted by atomic mass is 16.5. The number of likely N-dealkylation sites (tertiary alicyclic amines) is 1. The van der Waals surface area contributed by atoms with E-state index in [1.807, 2.05) is 18.1 Å². The van der Waals surface area contributed by atoms with Crippen LogP contribution in [0.25, 0.3) is 0 Å². The van der Waals surface area contributed by atoms with Crippen molar-refractivity contribution in [1.82, 2.24) is 14.7 Å². The molecule has 3 heterocycles. The second-order valence-corrected chi connectivity index (χ2v) is 6.51. The van der Waals surface area contributed by atoms with E-state index in [-0.39, 0.29) is 11.3 Å². The highest BCUT2D eigenvalue weighted by molar-refractivity contribution is 5.92. The van der Waals surface area contributed by atoms with Crippen molar-refractivity contribution in [1.29, 1.82) is 0 Å². The zero-order valence-corrected chi connectivity index (χ0v) is 13.5. The molecular formula is C16H25N3O3. The van der Waals surface area contributed by atoms with E-state index >= 15 is 0 Å². The summed E-state index contributed by atoms with van der Waals surface area (Å²) in [6.45, 7) is 3.95. The van der Waals surface area contributed by atoms with Gasteiger partial charge in [0.15, 0.2) is 0 Å². The van der Waals surface area contributed by atoms with Gasteiger partial charge in [0.2, 0.25) is 0 Å². The molecule has 1 amide bonds. The Balaban J connectivity index is 1.65. The van der Waals surface area contributed by atoms with Gasteiger partial charge in [-0.25, -0.2) is 0 Å². The molecule has 2 fully saturated rings. The Morgan fingerprint density at radius 3 is 2.86 bits per heavy atom. The topological polar surface area (TPSA) is 56.6 Å². The van der Waals surface area contributed by atoms with Crippen molar-refractivity contribution in [3.05, 3.63) is 18.0 Å². The largest absolute Gasteiger partial charge is 0.384 e. The second-order valence-electron chi connectivity index (χ2n) is 6.51. The predicted molar refractivity (Wildman–Crippen MR) is 81.6 cm³/mol. The summed E-state index contributed by atoms with van der Waals surface area (Å²) < 4.78 is 12.7. The van der Waals surface area contributed by atoms with Crippen molar-refractivity contribution in [2.24, 2.45) is 18.4 Å². The molecule has 6 nitrogen and oxygen atoms in total. The third kappa shape index (κ3) is 2.90. The van der Waals surface area contributed by atoms with Crippen LogP contribution >= 0.6 is 0 Å². The molecule has 2 aliphatic heterocycles. The van der Waals surface area contributed by atoms with Crippen molar-refractivity contribution < 1.29 is 14.3 Å².